The Morgan fingerprint density at radius 3 is 2.57 bits per heavy atom. The third kappa shape index (κ3) is 4.86. The summed E-state index contributed by atoms with van der Waals surface area (Å²) in [5, 5.41) is 14.8. The Kier molecular flexibility index (Phi) is 5.58. The molecule has 1 fully saturated rings. The summed E-state index contributed by atoms with van der Waals surface area (Å²) in [5.74, 6) is -0.960. The van der Waals surface area contributed by atoms with Crippen molar-refractivity contribution < 1.29 is 19.4 Å². The minimum absolute atomic E-state index is 0.0664. The standard InChI is InChI=1S/C14H27N3O4/c1-13(2,8-17(4)5)7-15-12(20)16-10-6-21-9-14(10,3)11(18)19/h10H,6-9H2,1-5H3,(H,18,19)(H2,15,16,20). The third-order valence-electron chi connectivity index (χ3n) is 3.72. The Bertz CT molecular complexity index is 398. The molecule has 1 aliphatic heterocycles. The van der Waals surface area contributed by atoms with Gasteiger partial charge in [-0.1, -0.05) is 13.8 Å². The molecule has 3 N–H and O–H groups in total. The Morgan fingerprint density at radius 1 is 1.43 bits per heavy atom. The zero-order valence-corrected chi connectivity index (χ0v) is 13.5. The maximum atomic E-state index is 12.0. The van der Waals surface area contributed by atoms with E-state index in [0.29, 0.717) is 6.54 Å². The molecule has 0 radical (unpaired) electrons. The zero-order valence-electron chi connectivity index (χ0n) is 13.5. The summed E-state index contributed by atoms with van der Waals surface area (Å²) in [4.78, 5) is 25.3. The highest BCUT2D eigenvalue weighted by Gasteiger charge is 2.47. The topological polar surface area (TPSA) is 90.9 Å². The van der Waals surface area contributed by atoms with Gasteiger partial charge in [0.25, 0.3) is 0 Å². The second-order valence-electron chi connectivity index (χ2n) is 7.02. The molecule has 1 aliphatic rings. The Balaban J connectivity index is 2.49. The van der Waals surface area contributed by atoms with Crippen LogP contribution in [0.3, 0.4) is 0 Å². The first-order valence-corrected chi connectivity index (χ1v) is 7.07. The van der Waals surface area contributed by atoms with E-state index in [4.69, 9.17) is 4.74 Å². The molecular formula is C14H27N3O4. The Hall–Kier alpha value is -1.34. The highest BCUT2D eigenvalue weighted by Crippen LogP contribution is 2.28. The fraction of sp³-hybridized carbons (Fsp3) is 0.857. The second-order valence-corrected chi connectivity index (χ2v) is 7.02. The van der Waals surface area contributed by atoms with Crippen molar-refractivity contribution in [3.05, 3.63) is 0 Å². The third-order valence-corrected chi connectivity index (χ3v) is 3.72. The Morgan fingerprint density at radius 2 is 2.05 bits per heavy atom. The summed E-state index contributed by atoms with van der Waals surface area (Å²) in [7, 11) is 3.96. The van der Waals surface area contributed by atoms with Crippen molar-refractivity contribution in [2.75, 3.05) is 40.4 Å². The van der Waals surface area contributed by atoms with E-state index in [2.05, 4.69) is 29.4 Å². The predicted molar refractivity (Wildman–Crippen MR) is 79.2 cm³/mol. The molecule has 122 valence electrons. The monoisotopic (exact) mass is 301 g/mol. The van der Waals surface area contributed by atoms with Gasteiger partial charge in [0.2, 0.25) is 0 Å². The normalized spacial score (nSPS) is 25.9. The number of nitrogens with one attached hydrogen (secondary N) is 2. The van der Waals surface area contributed by atoms with Gasteiger partial charge in [0.05, 0.1) is 19.3 Å². The van der Waals surface area contributed by atoms with Gasteiger partial charge in [0.1, 0.15) is 5.41 Å². The molecule has 2 unspecified atom stereocenters. The SMILES string of the molecule is CN(C)CC(C)(C)CNC(=O)NC1COCC1(C)C(=O)O. The number of nitrogens with zero attached hydrogens (tertiary/aromatic N) is 1. The maximum Gasteiger partial charge on any atom is 0.315 e. The van der Waals surface area contributed by atoms with E-state index >= 15 is 0 Å². The lowest BCUT2D eigenvalue weighted by Crippen LogP contribution is -2.53. The first kappa shape index (κ1) is 17.7. The molecule has 2 amide bonds. The summed E-state index contributed by atoms with van der Waals surface area (Å²) in [6.45, 7) is 7.39. The van der Waals surface area contributed by atoms with Gasteiger partial charge in [0.15, 0.2) is 0 Å². The number of hydrogen-bond acceptors (Lipinski definition) is 4. The van der Waals surface area contributed by atoms with E-state index in [9.17, 15) is 14.7 Å². The van der Waals surface area contributed by atoms with Gasteiger partial charge in [-0.15, -0.1) is 0 Å². The number of aliphatic carboxylic acids is 1. The molecule has 0 aromatic carbocycles. The predicted octanol–water partition coefficient (Wildman–Crippen LogP) is 0.363. The number of rotatable bonds is 6. The van der Waals surface area contributed by atoms with Crippen LogP contribution in [0.5, 0.6) is 0 Å². The van der Waals surface area contributed by atoms with Crippen molar-refractivity contribution in [2.45, 2.75) is 26.8 Å². The van der Waals surface area contributed by atoms with Crippen molar-refractivity contribution in [1.29, 1.82) is 0 Å². The van der Waals surface area contributed by atoms with E-state index in [0.717, 1.165) is 6.54 Å². The number of carbonyl (C=O) groups is 2. The molecule has 1 heterocycles. The molecule has 0 spiro atoms. The summed E-state index contributed by atoms with van der Waals surface area (Å²) in [5.41, 5.74) is -1.14. The first-order chi connectivity index (χ1) is 9.57. The molecule has 2 atom stereocenters. The molecule has 1 rings (SSSR count). The van der Waals surface area contributed by atoms with Crippen molar-refractivity contribution in [3.8, 4) is 0 Å². The van der Waals surface area contributed by atoms with Crippen molar-refractivity contribution in [3.63, 3.8) is 0 Å². The summed E-state index contributed by atoms with van der Waals surface area (Å²) < 4.78 is 5.20. The fourth-order valence-electron chi connectivity index (χ4n) is 2.53. The summed E-state index contributed by atoms with van der Waals surface area (Å²) in [6.07, 6.45) is 0. The molecule has 7 nitrogen and oxygen atoms in total. The lowest BCUT2D eigenvalue weighted by atomic mass is 9.85. The van der Waals surface area contributed by atoms with Crippen LogP contribution in [0.1, 0.15) is 20.8 Å². The highest BCUT2D eigenvalue weighted by atomic mass is 16.5. The molecule has 0 aromatic heterocycles. The average Bonchev–Trinajstić information content (AvgIpc) is 2.68. The lowest BCUT2D eigenvalue weighted by molar-refractivity contribution is -0.148. The first-order valence-electron chi connectivity index (χ1n) is 7.07. The van der Waals surface area contributed by atoms with Crippen LogP contribution in [0.2, 0.25) is 0 Å². The average molecular weight is 301 g/mol. The number of urea groups is 1. The lowest BCUT2D eigenvalue weighted by Gasteiger charge is -2.30. The summed E-state index contributed by atoms with van der Waals surface area (Å²) in [6, 6.07) is -0.878. The zero-order chi connectivity index (χ0) is 16.3. The van der Waals surface area contributed by atoms with Gasteiger partial charge in [-0.2, -0.15) is 0 Å². The smallest absolute Gasteiger partial charge is 0.315 e. The largest absolute Gasteiger partial charge is 0.481 e. The van der Waals surface area contributed by atoms with Crippen molar-refractivity contribution in [2.24, 2.45) is 10.8 Å². The van der Waals surface area contributed by atoms with Crippen LogP contribution in [0, 0.1) is 10.8 Å². The van der Waals surface area contributed by atoms with Crippen LogP contribution in [-0.4, -0.2) is 68.4 Å². The second kappa shape index (κ2) is 6.62. The minimum Gasteiger partial charge on any atom is -0.481 e. The molecule has 0 bridgehead atoms. The molecule has 0 aromatic rings. The van der Waals surface area contributed by atoms with E-state index in [-0.39, 0.29) is 24.7 Å². The number of hydrogen-bond donors (Lipinski definition) is 3. The summed E-state index contributed by atoms with van der Waals surface area (Å²) >= 11 is 0. The van der Waals surface area contributed by atoms with Gasteiger partial charge in [-0.05, 0) is 26.4 Å². The van der Waals surface area contributed by atoms with Gasteiger partial charge >= 0.3 is 12.0 Å². The van der Waals surface area contributed by atoms with Crippen molar-refractivity contribution in [1.82, 2.24) is 15.5 Å². The van der Waals surface area contributed by atoms with Gasteiger partial charge in [0, 0.05) is 13.1 Å². The van der Waals surface area contributed by atoms with E-state index in [1.54, 1.807) is 6.92 Å². The fourth-order valence-corrected chi connectivity index (χ4v) is 2.53. The quantitative estimate of drug-likeness (QED) is 0.659. The van der Waals surface area contributed by atoms with Crippen LogP contribution < -0.4 is 10.6 Å². The number of carboxylic acid groups (broad SMARTS) is 1. The number of ether oxygens (including phenoxy) is 1. The van der Waals surface area contributed by atoms with Crippen LogP contribution in [0.15, 0.2) is 0 Å². The van der Waals surface area contributed by atoms with Crippen LogP contribution in [0.25, 0.3) is 0 Å². The highest BCUT2D eigenvalue weighted by molar-refractivity contribution is 5.79. The molecule has 21 heavy (non-hydrogen) atoms. The number of carbonyl (C=O) groups excluding carboxylic acids is 1. The molecule has 0 saturated carbocycles. The molecule has 1 saturated heterocycles. The van der Waals surface area contributed by atoms with Crippen molar-refractivity contribution >= 4 is 12.0 Å². The van der Waals surface area contributed by atoms with Gasteiger partial charge in [-0.3, -0.25) is 4.79 Å². The van der Waals surface area contributed by atoms with Crippen LogP contribution in [0.4, 0.5) is 4.79 Å². The van der Waals surface area contributed by atoms with Gasteiger partial charge < -0.3 is 25.4 Å². The van der Waals surface area contributed by atoms with E-state index in [1.807, 2.05) is 14.1 Å². The van der Waals surface area contributed by atoms with E-state index in [1.165, 1.54) is 0 Å². The van der Waals surface area contributed by atoms with Crippen LogP contribution >= 0.6 is 0 Å². The van der Waals surface area contributed by atoms with Gasteiger partial charge in [-0.25, -0.2) is 4.79 Å². The van der Waals surface area contributed by atoms with E-state index < -0.39 is 17.4 Å². The molecule has 7 heteroatoms. The minimum atomic E-state index is -1.07. The van der Waals surface area contributed by atoms with Crippen LogP contribution in [-0.2, 0) is 9.53 Å². The molecular weight excluding hydrogens is 274 g/mol. The molecule has 0 aliphatic carbocycles. The Labute approximate surface area is 126 Å². The number of carboxylic acids is 1. The number of amides is 2. The maximum absolute atomic E-state index is 12.0.